The maximum atomic E-state index is 12.0. The first-order valence-electron chi connectivity index (χ1n) is 7.08. The molecule has 2 rings (SSSR count). The molecule has 0 radical (unpaired) electrons. The van der Waals surface area contributed by atoms with E-state index in [9.17, 15) is 4.79 Å². The van der Waals surface area contributed by atoms with Crippen LogP contribution in [0.25, 0.3) is 0 Å². The molecule has 110 valence electrons. The van der Waals surface area contributed by atoms with Gasteiger partial charge in [0.05, 0.1) is 12.7 Å². The number of para-hydroxylation sites is 1. The summed E-state index contributed by atoms with van der Waals surface area (Å²) in [6, 6.07) is 7.70. The number of hydrogen-bond acceptors (Lipinski definition) is 4. The van der Waals surface area contributed by atoms with Gasteiger partial charge in [-0.25, -0.2) is 0 Å². The number of carbonyl (C=O) groups excluding carboxylic acids is 1. The fourth-order valence-electron chi connectivity index (χ4n) is 2.31. The first kappa shape index (κ1) is 14.8. The average Bonchev–Trinajstić information content (AvgIpc) is 2.95. The van der Waals surface area contributed by atoms with Crippen LogP contribution in [0, 0.1) is 0 Å². The minimum atomic E-state index is -0.372. The maximum absolute atomic E-state index is 12.0. The van der Waals surface area contributed by atoms with Crippen LogP contribution >= 0.6 is 0 Å². The average molecular weight is 278 g/mol. The molecule has 0 aromatic heterocycles. The van der Waals surface area contributed by atoms with E-state index in [1.54, 1.807) is 0 Å². The van der Waals surface area contributed by atoms with Crippen molar-refractivity contribution in [2.24, 2.45) is 5.73 Å². The van der Waals surface area contributed by atoms with Crippen LogP contribution in [0.4, 0.5) is 0 Å². The summed E-state index contributed by atoms with van der Waals surface area (Å²) < 4.78 is 11.1. The van der Waals surface area contributed by atoms with E-state index in [1.807, 2.05) is 31.2 Å². The van der Waals surface area contributed by atoms with Gasteiger partial charge in [-0.2, -0.15) is 0 Å². The molecule has 1 aromatic carbocycles. The molecule has 1 heterocycles. The normalized spacial score (nSPS) is 21.7. The van der Waals surface area contributed by atoms with Crippen LogP contribution in [0.3, 0.4) is 0 Å². The highest BCUT2D eigenvalue weighted by atomic mass is 16.5. The van der Waals surface area contributed by atoms with Crippen LogP contribution in [0.15, 0.2) is 24.3 Å². The molecule has 20 heavy (non-hydrogen) atoms. The molecular formula is C15H22N2O3. The number of rotatable bonds is 6. The molecule has 5 heteroatoms. The van der Waals surface area contributed by atoms with Crippen molar-refractivity contribution in [2.45, 2.75) is 38.5 Å². The van der Waals surface area contributed by atoms with Crippen molar-refractivity contribution in [1.82, 2.24) is 5.32 Å². The van der Waals surface area contributed by atoms with Gasteiger partial charge in [-0.15, -0.1) is 0 Å². The molecule has 1 aliphatic heterocycles. The predicted octanol–water partition coefficient (Wildman–Crippen LogP) is 1.21. The summed E-state index contributed by atoms with van der Waals surface area (Å²) >= 11 is 0. The van der Waals surface area contributed by atoms with Crippen molar-refractivity contribution in [2.75, 3.05) is 13.2 Å². The zero-order valence-corrected chi connectivity index (χ0v) is 11.8. The Morgan fingerprint density at radius 3 is 2.95 bits per heavy atom. The number of nitrogens with two attached hydrogens (primary N) is 1. The van der Waals surface area contributed by atoms with Crippen molar-refractivity contribution in [3.8, 4) is 5.75 Å². The third-order valence-electron chi connectivity index (χ3n) is 3.39. The molecule has 1 fully saturated rings. The summed E-state index contributed by atoms with van der Waals surface area (Å²) in [6.07, 6.45) is 1.23. The summed E-state index contributed by atoms with van der Waals surface area (Å²) in [5, 5.41) is 2.90. The lowest BCUT2D eigenvalue weighted by Gasteiger charge is -2.14. The highest BCUT2D eigenvalue weighted by Crippen LogP contribution is 2.20. The lowest BCUT2D eigenvalue weighted by Crippen LogP contribution is -2.35. The number of ether oxygens (including phenoxy) is 2. The summed E-state index contributed by atoms with van der Waals surface area (Å²) in [7, 11) is 0. The van der Waals surface area contributed by atoms with Crippen LogP contribution in [0.5, 0.6) is 5.75 Å². The Balaban J connectivity index is 1.87. The number of amides is 1. The largest absolute Gasteiger partial charge is 0.494 e. The van der Waals surface area contributed by atoms with E-state index in [4.69, 9.17) is 15.2 Å². The van der Waals surface area contributed by atoms with Gasteiger partial charge < -0.3 is 20.5 Å². The molecule has 1 amide bonds. The Morgan fingerprint density at radius 2 is 2.25 bits per heavy atom. The fraction of sp³-hybridized carbons (Fsp3) is 0.533. The predicted molar refractivity (Wildman–Crippen MR) is 76.4 cm³/mol. The van der Waals surface area contributed by atoms with Crippen molar-refractivity contribution in [3.05, 3.63) is 29.8 Å². The van der Waals surface area contributed by atoms with Gasteiger partial charge in [0.25, 0.3) is 0 Å². The fourth-order valence-corrected chi connectivity index (χ4v) is 2.31. The van der Waals surface area contributed by atoms with E-state index in [1.165, 1.54) is 0 Å². The second kappa shape index (κ2) is 7.26. The SMILES string of the molecule is CCOc1ccccc1CNC(=O)[C@@H]1CC[C@H](CN)O1. The molecule has 0 saturated carbocycles. The van der Waals surface area contributed by atoms with Gasteiger partial charge in [-0.1, -0.05) is 18.2 Å². The summed E-state index contributed by atoms with van der Waals surface area (Å²) in [5.74, 6) is 0.731. The van der Waals surface area contributed by atoms with E-state index in [-0.39, 0.29) is 18.1 Å². The highest BCUT2D eigenvalue weighted by molar-refractivity contribution is 5.81. The van der Waals surface area contributed by atoms with Gasteiger partial charge in [-0.3, -0.25) is 4.79 Å². The van der Waals surface area contributed by atoms with Crippen molar-refractivity contribution in [1.29, 1.82) is 0 Å². The molecule has 0 bridgehead atoms. The Bertz CT molecular complexity index is 450. The number of nitrogens with one attached hydrogen (secondary N) is 1. The van der Waals surface area contributed by atoms with Gasteiger partial charge in [-0.05, 0) is 25.8 Å². The van der Waals surface area contributed by atoms with E-state index in [2.05, 4.69) is 5.32 Å². The minimum Gasteiger partial charge on any atom is -0.494 e. The number of benzene rings is 1. The Morgan fingerprint density at radius 1 is 1.45 bits per heavy atom. The van der Waals surface area contributed by atoms with Crippen molar-refractivity contribution in [3.63, 3.8) is 0 Å². The van der Waals surface area contributed by atoms with Gasteiger partial charge in [0.2, 0.25) is 5.91 Å². The molecule has 1 aromatic rings. The second-order valence-electron chi connectivity index (χ2n) is 4.82. The number of carbonyl (C=O) groups is 1. The lowest BCUT2D eigenvalue weighted by atomic mass is 10.1. The summed E-state index contributed by atoms with van der Waals surface area (Å²) in [4.78, 5) is 12.0. The van der Waals surface area contributed by atoms with Crippen LogP contribution in [0.1, 0.15) is 25.3 Å². The monoisotopic (exact) mass is 278 g/mol. The van der Waals surface area contributed by atoms with Crippen LogP contribution in [-0.4, -0.2) is 31.3 Å². The van der Waals surface area contributed by atoms with Crippen molar-refractivity contribution >= 4 is 5.91 Å². The first-order chi connectivity index (χ1) is 9.74. The van der Waals surface area contributed by atoms with E-state index < -0.39 is 0 Å². The molecule has 1 saturated heterocycles. The Hall–Kier alpha value is -1.59. The zero-order valence-electron chi connectivity index (χ0n) is 11.8. The van der Waals surface area contributed by atoms with Crippen LogP contribution in [-0.2, 0) is 16.1 Å². The molecule has 0 aliphatic carbocycles. The van der Waals surface area contributed by atoms with Gasteiger partial charge >= 0.3 is 0 Å². The van der Waals surface area contributed by atoms with Gasteiger partial charge in [0.1, 0.15) is 11.9 Å². The quantitative estimate of drug-likeness (QED) is 0.820. The van der Waals surface area contributed by atoms with E-state index in [0.717, 1.165) is 24.2 Å². The highest BCUT2D eigenvalue weighted by Gasteiger charge is 2.29. The third-order valence-corrected chi connectivity index (χ3v) is 3.39. The summed E-state index contributed by atoms with van der Waals surface area (Å²) in [5.41, 5.74) is 6.51. The first-order valence-corrected chi connectivity index (χ1v) is 7.08. The standard InChI is InChI=1S/C15H22N2O3/c1-2-19-13-6-4-3-5-11(13)10-17-15(18)14-8-7-12(9-16)20-14/h3-6,12,14H,2,7-10,16H2,1H3,(H,17,18)/t12-,14+/m1/s1. The number of hydrogen-bond donors (Lipinski definition) is 2. The molecule has 3 N–H and O–H groups in total. The van der Waals surface area contributed by atoms with Crippen LogP contribution < -0.4 is 15.8 Å². The third kappa shape index (κ3) is 3.71. The Kier molecular flexibility index (Phi) is 5.38. The van der Waals surface area contributed by atoms with E-state index in [0.29, 0.717) is 19.7 Å². The smallest absolute Gasteiger partial charge is 0.249 e. The molecule has 0 unspecified atom stereocenters. The minimum absolute atomic E-state index is 0.0152. The topological polar surface area (TPSA) is 73.6 Å². The Labute approximate surface area is 119 Å². The van der Waals surface area contributed by atoms with Gasteiger partial charge in [0, 0.05) is 18.7 Å². The molecule has 1 aliphatic rings. The lowest BCUT2D eigenvalue weighted by molar-refractivity contribution is -0.132. The maximum Gasteiger partial charge on any atom is 0.249 e. The molecular weight excluding hydrogens is 256 g/mol. The van der Waals surface area contributed by atoms with Gasteiger partial charge in [0.15, 0.2) is 0 Å². The summed E-state index contributed by atoms with van der Waals surface area (Å²) in [6.45, 7) is 3.46. The molecule has 0 spiro atoms. The molecule has 2 atom stereocenters. The second-order valence-corrected chi connectivity index (χ2v) is 4.82. The van der Waals surface area contributed by atoms with Crippen molar-refractivity contribution < 1.29 is 14.3 Å². The zero-order chi connectivity index (χ0) is 14.4. The van der Waals surface area contributed by atoms with Crippen LogP contribution in [0.2, 0.25) is 0 Å². The molecule has 5 nitrogen and oxygen atoms in total. The van der Waals surface area contributed by atoms with E-state index >= 15 is 0 Å².